The van der Waals surface area contributed by atoms with Crippen LogP contribution in [0.15, 0.2) is 114 Å². The zero-order valence-electron chi connectivity index (χ0n) is 25.6. The summed E-state index contributed by atoms with van der Waals surface area (Å²) in [4.78, 5) is 29.8. The molecule has 0 aliphatic carbocycles. The molecule has 0 aromatic heterocycles. The van der Waals surface area contributed by atoms with Gasteiger partial charge >= 0.3 is 0 Å². The molecule has 236 valence electrons. The molecule has 10 heteroatoms. The third kappa shape index (κ3) is 8.86. The van der Waals surface area contributed by atoms with Crippen molar-refractivity contribution in [2.75, 3.05) is 17.5 Å². The highest BCUT2D eigenvalue weighted by molar-refractivity contribution is 7.92. The molecule has 0 saturated carbocycles. The monoisotopic (exact) mass is 647 g/mol. The number of carbonyl (C=O) groups excluding carboxylic acids is 2. The van der Waals surface area contributed by atoms with Gasteiger partial charge in [0.15, 0.2) is 0 Å². The van der Waals surface area contributed by atoms with Crippen molar-refractivity contribution in [3.8, 4) is 5.75 Å². The molecule has 1 unspecified atom stereocenters. The molecule has 0 radical (unpaired) electrons. The van der Waals surface area contributed by atoms with Crippen molar-refractivity contribution in [1.82, 2.24) is 10.2 Å². The Kier molecular flexibility index (Phi) is 11.6. The average Bonchev–Trinajstić information content (AvgIpc) is 3.03. The van der Waals surface area contributed by atoms with E-state index in [4.69, 9.17) is 16.3 Å². The lowest BCUT2D eigenvalue weighted by Gasteiger charge is -2.34. The van der Waals surface area contributed by atoms with Gasteiger partial charge in [0, 0.05) is 24.0 Å². The van der Waals surface area contributed by atoms with Crippen LogP contribution < -0.4 is 14.4 Å². The van der Waals surface area contributed by atoms with Gasteiger partial charge in [0.1, 0.15) is 18.3 Å². The van der Waals surface area contributed by atoms with Gasteiger partial charge in [-0.25, -0.2) is 8.42 Å². The third-order valence-corrected chi connectivity index (χ3v) is 9.04. The van der Waals surface area contributed by atoms with E-state index in [1.54, 1.807) is 73.7 Å². The van der Waals surface area contributed by atoms with Crippen molar-refractivity contribution in [3.63, 3.8) is 0 Å². The number of ether oxygens (including phenoxy) is 1. The second kappa shape index (κ2) is 15.6. The highest BCUT2D eigenvalue weighted by Gasteiger charge is 2.35. The summed E-state index contributed by atoms with van der Waals surface area (Å²) in [6.45, 7) is 5.26. The van der Waals surface area contributed by atoms with E-state index in [0.29, 0.717) is 17.4 Å². The number of amides is 2. The van der Waals surface area contributed by atoms with Crippen LogP contribution in [0.4, 0.5) is 5.69 Å². The molecule has 4 aromatic carbocycles. The minimum Gasteiger partial charge on any atom is -0.492 e. The predicted molar refractivity (Wildman–Crippen MR) is 178 cm³/mol. The Morgan fingerprint density at radius 3 is 2.04 bits per heavy atom. The Bertz CT molecular complexity index is 1670. The lowest BCUT2D eigenvalue weighted by Crippen LogP contribution is -2.54. The van der Waals surface area contributed by atoms with Crippen LogP contribution >= 0.6 is 11.6 Å². The molecule has 2 amide bonds. The first-order valence-corrected chi connectivity index (χ1v) is 16.6. The minimum absolute atomic E-state index is 0.0201. The molecular formula is C35H38ClN3O5S. The predicted octanol–water partition coefficient (Wildman–Crippen LogP) is 6.10. The molecule has 4 aromatic rings. The van der Waals surface area contributed by atoms with E-state index in [9.17, 15) is 18.0 Å². The van der Waals surface area contributed by atoms with Crippen LogP contribution in [0.2, 0.25) is 5.02 Å². The summed E-state index contributed by atoms with van der Waals surface area (Å²) in [5.74, 6) is -0.589. The highest BCUT2D eigenvalue weighted by Crippen LogP contribution is 2.33. The number of hydrogen-bond donors (Lipinski definition) is 1. The number of para-hydroxylation sites is 2. The van der Waals surface area contributed by atoms with Gasteiger partial charge in [-0.2, -0.15) is 0 Å². The summed E-state index contributed by atoms with van der Waals surface area (Å²) in [6, 6.07) is 29.9. The second-order valence-corrected chi connectivity index (χ2v) is 13.0. The number of halogens is 1. The zero-order valence-corrected chi connectivity index (χ0v) is 27.2. The third-order valence-electron chi connectivity index (χ3n) is 7.01. The summed E-state index contributed by atoms with van der Waals surface area (Å²) in [7, 11) is -4.24. The normalized spacial score (nSPS) is 11.9. The van der Waals surface area contributed by atoms with Crippen molar-refractivity contribution in [2.24, 2.45) is 0 Å². The molecule has 0 spiro atoms. The van der Waals surface area contributed by atoms with Gasteiger partial charge in [0.25, 0.3) is 10.0 Å². The van der Waals surface area contributed by atoms with Crippen molar-refractivity contribution in [1.29, 1.82) is 0 Å². The number of anilines is 1. The van der Waals surface area contributed by atoms with E-state index in [-0.39, 0.29) is 35.5 Å². The van der Waals surface area contributed by atoms with E-state index >= 15 is 0 Å². The maximum absolute atomic E-state index is 14.5. The summed E-state index contributed by atoms with van der Waals surface area (Å²) >= 11 is 6.14. The van der Waals surface area contributed by atoms with E-state index in [1.165, 1.54) is 17.0 Å². The molecule has 4 rings (SSSR count). The zero-order chi connectivity index (χ0) is 32.4. The van der Waals surface area contributed by atoms with Gasteiger partial charge in [0.05, 0.1) is 17.2 Å². The number of benzene rings is 4. The molecule has 0 aliphatic heterocycles. The molecule has 0 saturated heterocycles. The number of nitrogens with one attached hydrogen (secondary N) is 1. The number of hydrogen-bond acceptors (Lipinski definition) is 5. The van der Waals surface area contributed by atoms with Gasteiger partial charge in [-0.1, -0.05) is 84.4 Å². The number of rotatable bonds is 14. The first kappa shape index (κ1) is 33.6. The second-order valence-electron chi connectivity index (χ2n) is 10.7. The standard InChI is InChI=1S/C35H38ClN3O5S/c1-4-44-33-18-12-11-17-31(33)39(45(42,43)30-15-9-6-10-16-30)25-34(40)38(24-28-19-21-29(36)22-20-28)32(35(41)37-26(2)3)23-27-13-7-5-8-14-27/h5-22,26,32H,4,23-25H2,1-3H3,(H,37,41). The van der Waals surface area contributed by atoms with Gasteiger partial charge < -0.3 is 15.0 Å². The van der Waals surface area contributed by atoms with E-state index in [2.05, 4.69) is 5.32 Å². The first-order chi connectivity index (χ1) is 21.6. The molecule has 1 atom stereocenters. The van der Waals surface area contributed by atoms with E-state index in [0.717, 1.165) is 15.4 Å². The van der Waals surface area contributed by atoms with E-state index in [1.807, 2.05) is 44.2 Å². The minimum atomic E-state index is -4.24. The lowest BCUT2D eigenvalue weighted by atomic mass is 10.0. The van der Waals surface area contributed by atoms with Crippen molar-refractivity contribution in [2.45, 2.75) is 50.7 Å². The summed E-state index contributed by atoms with van der Waals surface area (Å²) in [5, 5.41) is 3.48. The van der Waals surface area contributed by atoms with Crippen molar-refractivity contribution >= 4 is 39.1 Å². The van der Waals surface area contributed by atoms with Crippen LogP contribution in [-0.2, 0) is 32.6 Å². The van der Waals surface area contributed by atoms with Gasteiger partial charge in [-0.05, 0) is 68.3 Å². The molecule has 0 bridgehead atoms. The molecule has 8 nitrogen and oxygen atoms in total. The lowest BCUT2D eigenvalue weighted by molar-refractivity contribution is -0.140. The molecular weight excluding hydrogens is 610 g/mol. The summed E-state index contributed by atoms with van der Waals surface area (Å²) < 4.78 is 35.2. The van der Waals surface area contributed by atoms with Crippen molar-refractivity contribution in [3.05, 3.63) is 125 Å². The average molecular weight is 648 g/mol. The Balaban J connectivity index is 1.83. The summed E-state index contributed by atoms with van der Waals surface area (Å²) in [6.07, 6.45) is 0.222. The van der Waals surface area contributed by atoms with Crippen LogP contribution in [0.25, 0.3) is 0 Å². The van der Waals surface area contributed by atoms with Crippen LogP contribution in [0.5, 0.6) is 5.75 Å². The maximum atomic E-state index is 14.5. The van der Waals surface area contributed by atoms with Crippen LogP contribution in [0.3, 0.4) is 0 Å². The fourth-order valence-corrected chi connectivity index (χ4v) is 6.47. The Labute approximate surface area is 270 Å². The largest absolute Gasteiger partial charge is 0.492 e. The fraction of sp³-hybridized carbons (Fsp3) is 0.257. The topological polar surface area (TPSA) is 96.0 Å². The van der Waals surface area contributed by atoms with E-state index < -0.39 is 28.5 Å². The van der Waals surface area contributed by atoms with Crippen LogP contribution in [0.1, 0.15) is 31.9 Å². The highest BCUT2D eigenvalue weighted by atomic mass is 35.5. The number of carbonyl (C=O) groups is 2. The Hall–Kier alpha value is -4.34. The first-order valence-electron chi connectivity index (χ1n) is 14.8. The number of sulfonamides is 1. The fourth-order valence-electron chi connectivity index (χ4n) is 4.89. The quantitative estimate of drug-likeness (QED) is 0.179. The molecule has 0 fully saturated rings. The van der Waals surface area contributed by atoms with Gasteiger partial charge in [-0.15, -0.1) is 0 Å². The summed E-state index contributed by atoms with van der Waals surface area (Å²) in [5.41, 5.74) is 1.80. The number of nitrogens with zero attached hydrogens (tertiary/aromatic N) is 2. The SMILES string of the molecule is CCOc1ccccc1N(CC(=O)N(Cc1ccc(Cl)cc1)C(Cc1ccccc1)C(=O)NC(C)C)S(=O)(=O)c1ccccc1. The molecule has 45 heavy (non-hydrogen) atoms. The Morgan fingerprint density at radius 2 is 1.42 bits per heavy atom. The smallest absolute Gasteiger partial charge is 0.264 e. The van der Waals surface area contributed by atoms with Gasteiger partial charge in [0.2, 0.25) is 11.8 Å². The Morgan fingerprint density at radius 1 is 0.822 bits per heavy atom. The molecule has 0 aliphatic rings. The van der Waals surface area contributed by atoms with Gasteiger partial charge in [-0.3, -0.25) is 13.9 Å². The van der Waals surface area contributed by atoms with Crippen LogP contribution in [0, 0.1) is 0 Å². The molecule has 1 N–H and O–H groups in total. The maximum Gasteiger partial charge on any atom is 0.264 e. The molecule has 0 heterocycles. The van der Waals surface area contributed by atoms with Crippen LogP contribution in [-0.4, -0.2) is 50.4 Å². The van der Waals surface area contributed by atoms with Crippen molar-refractivity contribution < 1.29 is 22.7 Å².